The summed E-state index contributed by atoms with van der Waals surface area (Å²) in [5, 5.41) is 3.89. The summed E-state index contributed by atoms with van der Waals surface area (Å²) in [6.07, 6.45) is 2.35. The number of anilines is 2. The smallest absolute Gasteiger partial charge is 0.135 e. The molecule has 1 aromatic carbocycles. The van der Waals surface area contributed by atoms with E-state index in [1.807, 2.05) is 24.3 Å². The van der Waals surface area contributed by atoms with Crippen LogP contribution in [-0.2, 0) is 0 Å². The van der Waals surface area contributed by atoms with E-state index in [2.05, 4.69) is 47.1 Å². The van der Waals surface area contributed by atoms with Gasteiger partial charge in [0.1, 0.15) is 16.2 Å². The van der Waals surface area contributed by atoms with Gasteiger partial charge in [0, 0.05) is 16.5 Å². The minimum atomic E-state index is 0.510. The van der Waals surface area contributed by atoms with E-state index < -0.39 is 0 Å². The van der Waals surface area contributed by atoms with E-state index in [0.717, 1.165) is 26.4 Å². The first kappa shape index (κ1) is 13.3. The molecule has 0 aliphatic heterocycles. The van der Waals surface area contributed by atoms with Crippen LogP contribution < -0.4 is 5.32 Å². The van der Waals surface area contributed by atoms with Crippen LogP contribution in [0.25, 0.3) is 0 Å². The summed E-state index contributed by atoms with van der Waals surface area (Å²) in [7, 11) is 0. The maximum absolute atomic E-state index is 6.16. The average molecular weight is 404 g/mol. The van der Waals surface area contributed by atoms with Gasteiger partial charge in [-0.25, -0.2) is 9.97 Å². The number of benzene rings is 1. The molecule has 0 amide bonds. The Balaban J connectivity index is 1.92. The zero-order valence-electron chi connectivity index (χ0n) is 9.83. The van der Waals surface area contributed by atoms with Gasteiger partial charge in [0.15, 0.2) is 0 Å². The third kappa shape index (κ3) is 3.27. The van der Waals surface area contributed by atoms with Crippen LogP contribution in [0.15, 0.2) is 33.3 Å². The minimum Gasteiger partial charge on any atom is -0.339 e. The molecule has 1 fully saturated rings. The summed E-state index contributed by atoms with van der Waals surface area (Å²) in [5.74, 6) is 2.16. The van der Waals surface area contributed by atoms with Crippen molar-refractivity contribution < 1.29 is 0 Å². The maximum atomic E-state index is 6.16. The largest absolute Gasteiger partial charge is 0.339 e. The summed E-state index contributed by atoms with van der Waals surface area (Å²) < 4.78 is 1.76. The fraction of sp³-hybridized carbons (Fsp3) is 0.231. The Hall–Kier alpha value is -0.650. The quantitative estimate of drug-likeness (QED) is 0.709. The second-order valence-electron chi connectivity index (χ2n) is 4.46. The fourth-order valence-electron chi connectivity index (χ4n) is 1.75. The van der Waals surface area contributed by atoms with Crippen molar-refractivity contribution in [3.63, 3.8) is 0 Å². The second kappa shape index (κ2) is 5.38. The lowest BCUT2D eigenvalue weighted by Gasteiger charge is -2.09. The molecule has 2 aromatic rings. The van der Waals surface area contributed by atoms with Gasteiger partial charge in [-0.15, -0.1) is 0 Å². The average Bonchev–Trinajstić information content (AvgIpc) is 3.17. The molecule has 6 heteroatoms. The summed E-state index contributed by atoms with van der Waals surface area (Å²) in [5.41, 5.74) is 0.823. The van der Waals surface area contributed by atoms with Crippen molar-refractivity contribution in [3.05, 3.63) is 44.2 Å². The van der Waals surface area contributed by atoms with Crippen LogP contribution in [0.5, 0.6) is 0 Å². The van der Waals surface area contributed by atoms with Gasteiger partial charge in [0.2, 0.25) is 0 Å². The van der Waals surface area contributed by atoms with E-state index in [4.69, 9.17) is 11.6 Å². The molecule has 1 aromatic heterocycles. The van der Waals surface area contributed by atoms with Gasteiger partial charge in [-0.05, 0) is 47.0 Å². The van der Waals surface area contributed by atoms with Crippen LogP contribution in [0.1, 0.15) is 24.6 Å². The van der Waals surface area contributed by atoms with E-state index in [0.29, 0.717) is 10.9 Å². The summed E-state index contributed by atoms with van der Waals surface area (Å²) >= 11 is 13.0. The highest BCUT2D eigenvalue weighted by Gasteiger charge is 2.27. The van der Waals surface area contributed by atoms with Crippen LogP contribution in [0.3, 0.4) is 0 Å². The maximum Gasteiger partial charge on any atom is 0.135 e. The Labute approximate surface area is 133 Å². The molecule has 98 valence electrons. The number of nitrogens with one attached hydrogen (secondary N) is 1. The van der Waals surface area contributed by atoms with Gasteiger partial charge in [-0.2, -0.15) is 0 Å². The zero-order valence-corrected chi connectivity index (χ0v) is 13.8. The molecule has 1 aliphatic carbocycles. The number of hydrogen-bond acceptors (Lipinski definition) is 3. The predicted octanol–water partition coefficient (Wildman–Crippen LogP) is 5.28. The van der Waals surface area contributed by atoms with E-state index >= 15 is 0 Å². The summed E-state index contributed by atoms with van der Waals surface area (Å²) in [6, 6.07) is 7.52. The number of aromatic nitrogens is 2. The lowest BCUT2D eigenvalue weighted by molar-refractivity contribution is 0.919. The highest BCUT2D eigenvalue weighted by molar-refractivity contribution is 9.10. The van der Waals surface area contributed by atoms with Gasteiger partial charge < -0.3 is 5.32 Å². The van der Waals surface area contributed by atoms with Crippen molar-refractivity contribution in [3.8, 4) is 0 Å². The monoisotopic (exact) mass is 401 g/mol. The Kier molecular flexibility index (Phi) is 3.78. The Morgan fingerprint density at radius 3 is 2.68 bits per heavy atom. The topological polar surface area (TPSA) is 37.8 Å². The van der Waals surface area contributed by atoms with Gasteiger partial charge in [0.25, 0.3) is 0 Å². The van der Waals surface area contributed by atoms with Gasteiger partial charge in [0.05, 0.1) is 10.7 Å². The SMILES string of the molecule is Clc1ccc(Br)cc1Nc1cc(Br)nc(C2CC2)n1. The first-order valence-electron chi connectivity index (χ1n) is 5.88. The third-order valence-corrected chi connectivity index (χ3v) is 4.07. The van der Waals surface area contributed by atoms with Crippen LogP contribution >= 0.6 is 43.5 Å². The van der Waals surface area contributed by atoms with Gasteiger partial charge >= 0.3 is 0 Å². The first-order chi connectivity index (χ1) is 9.11. The van der Waals surface area contributed by atoms with Crippen molar-refractivity contribution in [2.24, 2.45) is 0 Å². The van der Waals surface area contributed by atoms with Crippen molar-refractivity contribution in [1.29, 1.82) is 0 Å². The lowest BCUT2D eigenvalue weighted by atomic mass is 10.3. The molecule has 1 N–H and O–H groups in total. The molecule has 1 saturated carbocycles. The van der Waals surface area contributed by atoms with E-state index in [-0.39, 0.29) is 0 Å². The van der Waals surface area contributed by atoms with Crippen LogP contribution in [-0.4, -0.2) is 9.97 Å². The van der Waals surface area contributed by atoms with Crippen LogP contribution in [0.4, 0.5) is 11.5 Å². The molecule has 0 bridgehead atoms. The number of halogens is 3. The minimum absolute atomic E-state index is 0.510. The molecule has 19 heavy (non-hydrogen) atoms. The zero-order chi connectivity index (χ0) is 13.4. The van der Waals surface area contributed by atoms with Crippen LogP contribution in [0.2, 0.25) is 5.02 Å². The normalized spacial score (nSPS) is 14.5. The second-order valence-corrected chi connectivity index (χ2v) is 6.59. The third-order valence-electron chi connectivity index (χ3n) is 2.85. The molecule has 0 atom stereocenters. The Bertz CT molecular complexity index is 629. The molecule has 3 nitrogen and oxygen atoms in total. The summed E-state index contributed by atoms with van der Waals surface area (Å²) in [4.78, 5) is 8.94. The van der Waals surface area contributed by atoms with Crippen molar-refractivity contribution in [2.75, 3.05) is 5.32 Å². The highest BCUT2D eigenvalue weighted by Crippen LogP contribution is 2.39. The summed E-state index contributed by atoms with van der Waals surface area (Å²) in [6.45, 7) is 0. The molecule has 0 saturated heterocycles. The standard InChI is InChI=1S/C13H10Br2ClN3/c14-8-3-4-9(16)10(5-8)17-12-6-11(15)18-13(19-12)7-1-2-7/h3-7H,1-2H2,(H,17,18,19). The number of hydrogen-bond donors (Lipinski definition) is 1. The van der Waals surface area contributed by atoms with E-state index in [1.165, 1.54) is 12.8 Å². The highest BCUT2D eigenvalue weighted by atomic mass is 79.9. The molecule has 0 spiro atoms. The molecular formula is C13H10Br2ClN3. The van der Waals surface area contributed by atoms with Crippen molar-refractivity contribution >= 4 is 55.0 Å². The molecular weight excluding hydrogens is 393 g/mol. The number of nitrogens with zero attached hydrogens (tertiary/aromatic N) is 2. The molecule has 3 rings (SSSR count). The Morgan fingerprint density at radius 1 is 1.16 bits per heavy atom. The molecule has 1 aliphatic rings. The van der Waals surface area contributed by atoms with E-state index in [9.17, 15) is 0 Å². The van der Waals surface area contributed by atoms with Crippen LogP contribution in [0, 0.1) is 0 Å². The molecule has 0 radical (unpaired) electrons. The lowest BCUT2D eigenvalue weighted by Crippen LogP contribution is -2.00. The first-order valence-corrected chi connectivity index (χ1v) is 7.85. The van der Waals surface area contributed by atoms with Gasteiger partial charge in [-0.3, -0.25) is 0 Å². The fourth-order valence-corrected chi connectivity index (χ4v) is 2.68. The van der Waals surface area contributed by atoms with Crippen molar-refractivity contribution in [1.82, 2.24) is 9.97 Å². The molecule has 0 unspecified atom stereocenters. The predicted molar refractivity (Wildman–Crippen MR) is 84.1 cm³/mol. The Morgan fingerprint density at radius 2 is 1.95 bits per heavy atom. The van der Waals surface area contributed by atoms with Gasteiger partial charge in [-0.1, -0.05) is 27.5 Å². The molecule has 1 heterocycles. The van der Waals surface area contributed by atoms with Crippen molar-refractivity contribution in [2.45, 2.75) is 18.8 Å². The number of rotatable bonds is 3. The van der Waals surface area contributed by atoms with E-state index in [1.54, 1.807) is 0 Å².